The summed E-state index contributed by atoms with van der Waals surface area (Å²) in [5.41, 5.74) is 3.00. The van der Waals surface area contributed by atoms with Gasteiger partial charge in [-0.05, 0) is 38.1 Å². The number of rotatable bonds is 2. The van der Waals surface area contributed by atoms with Gasteiger partial charge in [0.05, 0.1) is 0 Å². The zero-order chi connectivity index (χ0) is 26.3. The monoisotopic (exact) mass is 458 g/mol. The Morgan fingerprint density at radius 2 is 0.919 bits per heavy atom. The van der Waals surface area contributed by atoms with Crippen LogP contribution in [0.5, 0.6) is 0 Å². The molecule has 14 radical (unpaired) electrons. The average Bonchev–Trinajstić information content (AvgIpc) is 3.30. The van der Waals surface area contributed by atoms with Gasteiger partial charge in [0.1, 0.15) is 66.1 Å². The first kappa shape index (κ1) is 24.2. The van der Waals surface area contributed by atoms with Crippen LogP contribution < -0.4 is 43.7 Å². The molecule has 6 rings (SSSR count). The smallest absolute Gasteiger partial charge is 0.457 e. The van der Waals surface area contributed by atoms with Gasteiger partial charge in [-0.2, -0.15) is 0 Å². The molecule has 0 unspecified atom stereocenters. The molecule has 0 saturated carbocycles. The molecule has 0 aliphatic carbocycles. The third-order valence-electron chi connectivity index (χ3n) is 7.12. The van der Waals surface area contributed by atoms with Crippen LogP contribution in [-0.4, -0.2) is 72.1 Å². The molecule has 1 aromatic heterocycles. The van der Waals surface area contributed by atoms with Crippen molar-refractivity contribution in [3.63, 3.8) is 0 Å². The molecule has 1 heterocycles. The minimum Gasteiger partial charge on any atom is -0.457 e. The predicted molar refractivity (Wildman–Crippen MR) is 162 cm³/mol. The lowest BCUT2D eigenvalue weighted by molar-refractivity contribution is 0.426. The highest BCUT2D eigenvalue weighted by Gasteiger charge is 2.26. The number of hydrogen-bond acceptors (Lipinski definition) is 3. The maximum Gasteiger partial charge on any atom is 0.489 e. The fourth-order valence-corrected chi connectivity index (χ4v) is 5.38. The molecule has 0 bridgehead atoms. The van der Waals surface area contributed by atoms with E-state index in [1.807, 2.05) is 48.5 Å². The maximum atomic E-state index is 10.3. The van der Waals surface area contributed by atoms with Crippen LogP contribution in [0, 0.1) is 0 Å². The van der Waals surface area contributed by atoms with E-state index >= 15 is 0 Å². The minimum absolute atomic E-state index is 0.101. The molecule has 3 nitrogen and oxygen atoms in total. The van der Waals surface area contributed by atoms with Crippen molar-refractivity contribution in [1.82, 2.24) is 0 Å². The molecule has 0 spiro atoms. The van der Waals surface area contributed by atoms with Crippen LogP contribution in [0.1, 0.15) is 0 Å². The van der Waals surface area contributed by atoms with Crippen molar-refractivity contribution in [3.8, 4) is 11.1 Å². The van der Waals surface area contributed by atoms with Crippen LogP contribution in [0.3, 0.4) is 0 Å². The molecule has 0 aliphatic rings. The molecule has 0 atom stereocenters. The summed E-state index contributed by atoms with van der Waals surface area (Å²) in [4.78, 5) is 0. The molecule has 11 heteroatoms. The molecule has 0 fully saturated rings. The van der Waals surface area contributed by atoms with Crippen molar-refractivity contribution in [1.29, 1.82) is 0 Å². The zero-order valence-electron chi connectivity index (χ0n) is 19.5. The molecule has 0 saturated heterocycles. The summed E-state index contributed by atoms with van der Waals surface area (Å²) in [5, 5.41) is 24.0. The number of benzene rings is 5. The molecular formula is C26H10B8O3. The SMILES string of the molecule is [B]c1c([B])c([B])c2c(oc3c([B])c([B])c(-c4c5ccccc5c(B(O)O)c5ccccc45)c([B])c32)c1[B]. The van der Waals surface area contributed by atoms with Crippen molar-refractivity contribution < 1.29 is 14.5 Å². The van der Waals surface area contributed by atoms with Gasteiger partial charge in [0.25, 0.3) is 0 Å². The average molecular weight is 457 g/mol. The lowest BCUT2D eigenvalue weighted by Gasteiger charge is -2.22. The van der Waals surface area contributed by atoms with Crippen LogP contribution in [0.4, 0.5) is 0 Å². The summed E-state index contributed by atoms with van der Waals surface area (Å²) in [6.07, 6.45) is 0. The van der Waals surface area contributed by atoms with E-state index in [0.29, 0.717) is 48.9 Å². The van der Waals surface area contributed by atoms with E-state index in [9.17, 15) is 10.0 Å². The van der Waals surface area contributed by atoms with Crippen LogP contribution in [0.15, 0.2) is 52.9 Å². The van der Waals surface area contributed by atoms with Crippen LogP contribution in [0.25, 0.3) is 54.6 Å². The Kier molecular flexibility index (Phi) is 5.52. The molecule has 37 heavy (non-hydrogen) atoms. The second kappa shape index (κ2) is 8.44. The molecule has 6 aromatic rings. The van der Waals surface area contributed by atoms with E-state index in [4.69, 9.17) is 59.3 Å². The van der Waals surface area contributed by atoms with Crippen LogP contribution in [0.2, 0.25) is 0 Å². The summed E-state index contributed by atoms with van der Waals surface area (Å²) in [6, 6.07) is 14.7. The lowest BCUT2D eigenvalue weighted by Crippen LogP contribution is -2.47. The Balaban J connectivity index is 1.90. The first-order valence-electron chi connectivity index (χ1n) is 11.4. The highest BCUT2D eigenvalue weighted by atomic mass is 16.4. The van der Waals surface area contributed by atoms with Gasteiger partial charge in [-0.3, -0.25) is 0 Å². The summed E-state index contributed by atoms with van der Waals surface area (Å²) in [6.45, 7) is 0. The van der Waals surface area contributed by atoms with E-state index in [1.165, 1.54) is 0 Å². The number of furan rings is 1. The highest BCUT2D eigenvalue weighted by Crippen LogP contribution is 2.35. The summed E-state index contributed by atoms with van der Waals surface area (Å²) >= 11 is 0. The van der Waals surface area contributed by atoms with E-state index in [-0.39, 0.29) is 49.4 Å². The van der Waals surface area contributed by atoms with E-state index < -0.39 is 7.12 Å². The summed E-state index contributed by atoms with van der Waals surface area (Å²) in [5.74, 6) is 0. The Bertz CT molecular complexity index is 1890. The standard InChI is InChI=1S/C26H10B8O3/c27-17-14(13-9-5-1-3-7-11(9)24(34(35)36)12-8-4-2-6-10(12)13)18(28)22(32)25-15(17)16-19(29)20(30)21(31)23(33)26(16)37-25/h1-8,35-36H. The van der Waals surface area contributed by atoms with Gasteiger partial charge in [0.2, 0.25) is 0 Å². The second-order valence-corrected chi connectivity index (χ2v) is 9.03. The Morgan fingerprint density at radius 3 is 1.43 bits per heavy atom. The van der Waals surface area contributed by atoms with Gasteiger partial charge >= 0.3 is 7.12 Å². The molecule has 156 valence electrons. The lowest BCUT2D eigenvalue weighted by atomic mass is 9.64. The van der Waals surface area contributed by atoms with E-state index in [0.717, 1.165) is 0 Å². The van der Waals surface area contributed by atoms with Crippen molar-refractivity contribution >= 4 is 149 Å². The fourth-order valence-electron chi connectivity index (χ4n) is 5.38. The van der Waals surface area contributed by atoms with Crippen molar-refractivity contribution in [2.75, 3.05) is 0 Å². The normalized spacial score (nSPS) is 11.7. The quantitative estimate of drug-likeness (QED) is 0.213. The number of hydrogen-bond donors (Lipinski definition) is 2. The third kappa shape index (κ3) is 3.20. The molecule has 0 aliphatic heterocycles. The van der Waals surface area contributed by atoms with Gasteiger partial charge in [0, 0.05) is 10.8 Å². The van der Waals surface area contributed by atoms with Crippen LogP contribution >= 0.6 is 0 Å². The van der Waals surface area contributed by atoms with Gasteiger partial charge in [0.15, 0.2) is 0 Å². The molecule has 0 amide bonds. The van der Waals surface area contributed by atoms with Gasteiger partial charge in [-0.1, -0.05) is 75.8 Å². The zero-order valence-corrected chi connectivity index (χ0v) is 19.5. The third-order valence-corrected chi connectivity index (χ3v) is 7.12. The van der Waals surface area contributed by atoms with E-state index in [2.05, 4.69) is 0 Å². The Morgan fingerprint density at radius 1 is 0.486 bits per heavy atom. The second-order valence-electron chi connectivity index (χ2n) is 9.03. The summed E-state index contributed by atoms with van der Waals surface area (Å²) in [7, 11) is 43.1. The molecule has 2 N–H and O–H groups in total. The minimum atomic E-state index is -1.71. The van der Waals surface area contributed by atoms with Crippen molar-refractivity contribution in [2.45, 2.75) is 0 Å². The van der Waals surface area contributed by atoms with Gasteiger partial charge < -0.3 is 14.5 Å². The Hall–Kier alpha value is -3.14. The van der Waals surface area contributed by atoms with Crippen molar-refractivity contribution in [3.05, 3.63) is 48.5 Å². The van der Waals surface area contributed by atoms with Gasteiger partial charge in [-0.25, -0.2) is 0 Å². The number of fused-ring (bicyclic) bond motifs is 5. The topological polar surface area (TPSA) is 53.6 Å². The van der Waals surface area contributed by atoms with Gasteiger partial charge in [-0.15, -0.1) is 10.9 Å². The first-order valence-corrected chi connectivity index (χ1v) is 11.4. The predicted octanol–water partition coefficient (Wildman–Crippen LogP) is -3.20. The van der Waals surface area contributed by atoms with Crippen LogP contribution in [-0.2, 0) is 0 Å². The van der Waals surface area contributed by atoms with Crippen molar-refractivity contribution in [2.24, 2.45) is 0 Å². The highest BCUT2D eigenvalue weighted by molar-refractivity contribution is 6.69. The maximum absolute atomic E-state index is 10.3. The Labute approximate surface area is 223 Å². The first-order chi connectivity index (χ1) is 17.6. The fraction of sp³-hybridized carbons (Fsp3) is 0. The van der Waals surface area contributed by atoms with E-state index in [1.54, 1.807) is 0 Å². The summed E-state index contributed by atoms with van der Waals surface area (Å²) < 4.78 is 6.02. The molecular weight excluding hydrogens is 447 g/mol. The largest absolute Gasteiger partial charge is 0.489 e. The molecule has 5 aromatic carbocycles.